The van der Waals surface area contributed by atoms with E-state index in [4.69, 9.17) is 10.2 Å². The fraction of sp³-hybridized carbons (Fsp3) is 0.909. The van der Waals surface area contributed by atoms with Crippen LogP contribution in [0.15, 0.2) is 0 Å². The smallest absolute Gasteiger partial charge is 0.234 e. The van der Waals surface area contributed by atoms with E-state index in [1.54, 1.807) is 6.92 Å². The molecular weight excluding hydrogens is 208 g/mol. The van der Waals surface area contributed by atoms with Crippen LogP contribution in [0.3, 0.4) is 0 Å². The molecule has 0 atom stereocenters. The molecule has 0 spiro atoms. The first-order valence-corrected chi connectivity index (χ1v) is 5.46. The van der Waals surface area contributed by atoms with Crippen molar-refractivity contribution in [3.8, 4) is 0 Å². The van der Waals surface area contributed by atoms with Crippen molar-refractivity contribution < 1.29 is 15.0 Å². The molecule has 0 rings (SSSR count). The molecule has 0 heterocycles. The highest BCUT2D eigenvalue weighted by molar-refractivity contribution is 5.78. The van der Waals surface area contributed by atoms with E-state index in [2.05, 4.69) is 10.6 Å². The van der Waals surface area contributed by atoms with Crippen LogP contribution in [-0.2, 0) is 4.79 Å². The number of rotatable bonds is 6. The molecular formula is C11H24N2O3. The lowest BCUT2D eigenvalue weighted by molar-refractivity contribution is -0.121. The molecule has 0 radical (unpaired) electrons. The van der Waals surface area contributed by atoms with Gasteiger partial charge in [-0.25, -0.2) is 0 Å². The summed E-state index contributed by atoms with van der Waals surface area (Å²) < 4.78 is 0. The number of aliphatic hydroxyl groups excluding tert-OH is 2. The lowest BCUT2D eigenvalue weighted by Gasteiger charge is -2.25. The second-order valence-electron chi connectivity index (χ2n) is 5.53. The number of amides is 1. The van der Waals surface area contributed by atoms with Gasteiger partial charge < -0.3 is 20.8 Å². The van der Waals surface area contributed by atoms with Crippen molar-refractivity contribution in [3.63, 3.8) is 0 Å². The van der Waals surface area contributed by atoms with Gasteiger partial charge in [0.1, 0.15) is 0 Å². The normalized spacial score (nSPS) is 12.6. The van der Waals surface area contributed by atoms with Crippen LogP contribution in [0.2, 0.25) is 0 Å². The molecule has 0 aromatic heterocycles. The van der Waals surface area contributed by atoms with Crippen LogP contribution in [0.4, 0.5) is 0 Å². The molecule has 0 unspecified atom stereocenters. The summed E-state index contributed by atoms with van der Waals surface area (Å²) in [5.41, 5.74) is -0.821. The Morgan fingerprint density at radius 1 is 1.12 bits per heavy atom. The molecule has 0 fully saturated rings. The molecule has 0 aliphatic rings. The van der Waals surface area contributed by atoms with Crippen molar-refractivity contribution in [3.05, 3.63) is 0 Å². The molecule has 16 heavy (non-hydrogen) atoms. The molecule has 0 aliphatic heterocycles. The molecule has 0 aliphatic carbocycles. The second-order valence-corrected chi connectivity index (χ2v) is 5.53. The zero-order valence-corrected chi connectivity index (χ0v) is 10.6. The number of carbonyl (C=O) groups is 1. The van der Waals surface area contributed by atoms with Gasteiger partial charge >= 0.3 is 0 Å². The van der Waals surface area contributed by atoms with Crippen molar-refractivity contribution in [2.24, 2.45) is 5.41 Å². The third kappa shape index (κ3) is 6.76. The SMILES string of the molecule is CC(CO)(CO)CNCC(=O)NC(C)(C)C. The van der Waals surface area contributed by atoms with Crippen LogP contribution in [0.1, 0.15) is 27.7 Å². The summed E-state index contributed by atoms with van der Waals surface area (Å²) in [5, 5.41) is 23.8. The fourth-order valence-electron chi connectivity index (χ4n) is 1.10. The van der Waals surface area contributed by atoms with E-state index >= 15 is 0 Å². The monoisotopic (exact) mass is 232 g/mol. The summed E-state index contributed by atoms with van der Waals surface area (Å²) in [7, 11) is 0. The highest BCUT2D eigenvalue weighted by Crippen LogP contribution is 2.11. The summed E-state index contributed by atoms with van der Waals surface area (Å²) in [4.78, 5) is 11.4. The van der Waals surface area contributed by atoms with Crippen LogP contribution >= 0.6 is 0 Å². The predicted octanol–water partition coefficient (Wildman–Crippen LogP) is -0.518. The van der Waals surface area contributed by atoms with Gasteiger partial charge in [0, 0.05) is 17.5 Å². The topological polar surface area (TPSA) is 81.6 Å². The van der Waals surface area contributed by atoms with Crippen LogP contribution < -0.4 is 10.6 Å². The maximum Gasteiger partial charge on any atom is 0.234 e. The third-order valence-corrected chi connectivity index (χ3v) is 2.12. The minimum absolute atomic E-state index is 0.0919. The van der Waals surface area contributed by atoms with Gasteiger partial charge in [-0.05, 0) is 20.8 Å². The fourth-order valence-corrected chi connectivity index (χ4v) is 1.10. The predicted molar refractivity (Wildman–Crippen MR) is 63.0 cm³/mol. The van der Waals surface area contributed by atoms with Crippen molar-refractivity contribution in [1.82, 2.24) is 10.6 Å². The summed E-state index contributed by atoms with van der Waals surface area (Å²) >= 11 is 0. The van der Waals surface area contributed by atoms with Gasteiger partial charge in [-0.15, -0.1) is 0 Å². The summed E-state index contributed by atoms with van der Waals surface area (Å²) in [6.45, 7) is 7.85. The zero-order valence-electron chi connectivity index (χ0n) is 10.6. The third-order valence-electron chi connectivity index (χ3n) is 2.12. The average molecular weight is 232 g/mol. The van der Waals surface area contributed by atoms with Crippen molar-refractivity contribution in [2.45, 2.75) is 33.2 Å². The van der Waals surface area contributed by atoms with Crippen molar-refractivity contribution in [1.29, 1.82) is 0 Å². The Hall–Kier alpha value is -0.650. The molecule has 0 bridgehead atoms. The molecule has 0 saturated heterocycles. The molecule has 96 valence electrons. The number of hydrogen-bond donors (Lipinski definition) is 4. The maximum absolute atomic E-state index is 11.4. The van der Waals surface area contributed by atoms with Gasteiger partial charge in [-0.1, -0.05) is 6.92 Å². The summed E-state index contributed by atoms with van der Waals surface area (Å²) in [5.74, 6) is -0.0919. The van der Waals surface area contributed by atoms with Gasteiger partial charge in [0.25, 0.3) is 0 Å². The molecule has 5 nitrogen and oxygen atoms in total. The van der Waals surface area contributed by atoms with Crippen LogP contribution in [0, 0.1) is 5.41 Å². The number of carbonyl (C=O) groups excluding carboxylic acids is 1. The van der Waals surface area contributed by atoms with E-state index in [0.717, 1.165) is 0 Å². The highest BCUT2D eigenvalue weighted by Gasteiger charge is 2.22. The Morgan fingerprint density at radius 3 is 2.00 bits per heavy atom. The molecule has 1 amide bonds. The Balaban J connectivity index is 3.86. The second kappa shape index (κ2) is 6.18. The Kier molecular flexibility index (Phi) is 5.92. The van der Waals surface area contributed by atoms with E-state index in [1.807, 2.05) is 20.8 Å². The maximum atomic E-state index is 11.4. The zero-order chi connectivity index (χ0) is 12.8. The van der Waals surface area contributed by atoms with Crippen LogP contribution in [-0.4, -0.2) is 48.0 Å². The Bertz CT molecular complexity index is 220. The molecule has 5 heteroatoms. The standard InChI is InChI=1S/C11H24N2O3/c1-10(2,3)13-9(16)5-12-6-11(4,7-14)8-15/h12,14-15H,5-8H2,1-4H3,(H,13,16). The number of aliphatic hydroxyl groups is 2. The van der Waals surface area contributed by atoms with Gasteiger partial charge in [-0.2, -0.15) is 0 Å². The quantitative estimate of drug-likeness (QED) is 0.497. The van der Waals surface area contributed by atoms with Gasteiger partial charge in [0.05, 0.1) is 19.8 Å². The van der Waals surface area contributed by atoms with E-state index in [1.165, 1.54) is 0 Å². The molecule has 0 aromatic carbocycles. The first-order chi connectivity index (χ1) is 7.22. The van der Waals surface area contributed by atoms with Crippen molar-refractivity contribution >= 4 is 5.91 Å². The largest absolute Gasteiger partial charge is 0.396 e. The lowest BCUT2D eigenvalue weighted by atomic mass is 9.93. The Morgan fingerprint density at radius 2 is 1.62 bits per heavy atom. The Labute approximate surface area is 97.2 Å². The summed E-state index contributed by atoms with van der Waals surface area (Å²) in [6.07, 6.45) is 0. The van der Waals surface area contributed by atoms with Crippen LogP contribution in [0.5, 0.6) is 0 Å². The minimum Gasteiger partial charge on any atom is -0.396 e. The molecule has 0 aromatic rings. The first-order valence-electron chi connectivity index (χ1n) is 5.46. The van der Waals surface area contributed by atoms with E-state index in [-0.39, 0.29) is 31.2 Å². The first kappa shape index (κ1) is 15.3. The van der Waals surface area contributed by atoms with Gasteiger partial charge in [0.2, 0.25) is 5.91 Å². The average Bonchev–Trinajstić information content (AvgIpc) is 2.14. The molecule has 4 N–H and O–H groups in total. The highest BCUT2D eigenvalue weighted by atomic mass is 16.3. The van der Waals surface area contributed by atoms with Crippen LogP contribution in [0.25, 0.3) is 0 Å². The lowest BCUT2D eigenvalue weighted by Crippen LogP contribution is -2.47. The number of nitrogens with one attached hydrogen (secondary N) is 2. The summed E-state index contributed by atoms with van der Waals surface area (Å²) in [6, 6.07) is 0. The number of hydrogen-bond acceptors (Lipinski definition) is 4. The minimum atomic E-state index is -0.581. The van der Waals surface area contributed by atoms with E-state index in [9.17, 15) is 4.79 Å². The van der Waals surface area contributed by atoms with E-state index in [0.29, 0.717) is 6.54 Å². The van der Waals surface area contributed by atoms with Gasteiger partial charge in [-0.3, -0.25) is 4.79 Å². The van der Waals surface area contributed by atoms with E-state index < -0.39 is 5.41 Å². The van der Waals surface area contributed by atoms with Gasteiger partial charge in [0.15, 0.2) is 0 Å². The molecule has 0 saturated carbocycles. The van der Waals surface area contributed by atoms with Crippen molar-refractivity contribution in [2.75, 3.05) is 26.3 Å².